The Morgan fingerprint density at radius 2 is 1.86 bits per heavy atom. The Labute approximate surface area is 122 Å². The van der Waals surface area contributed by atoms with Crippen LogP contribution in [-0.2, 0) is 14.3 Å². The molecule has 0 radical (unpaired) electrons. The van der Waals surface area contributed by atoms with Crippen molar-refractivity contribution in [2.24, 2.45) is 0 Å². The van der Waals surface area contributed by atoms with Crippen LogP contribution in [0.25, 0.3) is 6.08 Å². The first-order valence-corrected chi connectivity index (χ1v) is 6.16. The summed E-state index contributed by atoms with van der Waals surface area (Å²) in [6, 6.07) is 3.41. The fourth-order valence-electron chi connectivity index (χ4n) is 1.92. The Balaban J connectivity index is 3.33. The van der Waals surface area contributed by atoms with Crippen molar-refractivity contribution in [3.63, 3.8) is 0 Å². The number of carboxylic acid groups (broad SMARTS) is 1. The third kappa shape index (κ3) is 3.98. The van der Waals surface area contributed by atoms with E-state index in [1.54, 1.807) is 19.1 Å². The lowest BCUT2D eigenvalue weighted by molar-refractivity contribution is -0.141. The average molecular weight is 294 g/mol. The van der Waals surface area contributed by atoms with Gasteiger partial charge in [-0.05, 0) is 24.6 Å². The Hall–Kier alpha value is -2.50. The number of rotatable bonds is 6. The number of hydrogen-bond donors (Lipinski definition) is 1. The van der Waals surface area contributed by atoms with Gasteiger partial charge in [0.05, 0.1) is 27.8 Å². The van der Waals surface area contributed by atoms with Crippen LogP contribution >= 0.6 is 0 Å². The van der Waals surface area contributed by atoms with E-state index in [2.05, 4.69) is 4.74 Å². The molecule has 0 fully saturated rings. The second-order valence-corrected chi connectivity index (χ2v) is 4.25. The van der Waals surface area contributed by atoms with E-state index >= 15 is 0 Å². The molecular formula is C15H18O6. The van der Waals surface area contributed by atoms with E-state index in [1.807, 2.05) is 0 Å². The first-order chi connectivity index (χ1) is 9.94. The van der Waals surface area contributed by atoms with Gasteiger partial charge in [-0.2, -0.15) is 0 Å². The van der Waals surface area contributed by atoms with Gasteiger partial charge in [0.2, 0.25) is 0 Å². The lowest BCUT2D eigenvalue weighted by Gasteiger charge is -2.13. The number of aliphatic carboxylic acids is 1. The normalized spacial score (nSPS) is 11.0. The van der Waals surface area contributed by atoms with Crippen LogP contribution in [0, 0.1) is 6.92 Å². The van der Waals surface area contributed by atoms with Crippen molar-refractivity contribution in [2.45, 2.75) is 13.3 Å². The summed E-state index contributed by atoms with van der Waals surface area (Å²) in [5.74, 6) is -0.688. The molecule has 1 aromatic carbocycles. The summed E-state index contributed by atoms with van der Waals surface area (Å²) in [6.45, 7) is 1.79. The van der Waals surface area contributed by atoms with Gasteiger partial charge in [0.1, 0.15) is 0 Å². The lowest BCUT2D eigenvalue weighted by Crippen LogP contribution is -2.09. The molecule has 0 aromatic heterocycles. The van der Waals surface area contributed by atoms with Crippen LogP contribution in [0.15, 0.2) is 17.7 Å². The van der Waals surface area contributed by atoms with E-state index in [9.17, 15) is 9.59 Å². The predicted octanol–water partition coefficient (Wildman–Crippen LogP) is 2.04. The van der Waals surface area contributed by atoms with Crippen LogP contribution in [0.1, 0.15) is 17.5 Å². The van der Waals surface area contributed by atoms with Gasteiger partial charge in [0.15, 0.2) is 11.5 Å². The highest BCUT2D eigenvalue weighted by Crippen LogP contribution is 2.33. The minimum absolute atomic E-state index is 0.0559. The van der Waals surface area contributed by atoms with E-state index in [1.165, 1.54) is 27.4 Å². The van der Waals surface area contributed by atoms with Gasteiger partial charge in [-0.1, -0.05) is 6.07 Å². The van der Waals surface area contributed by atoms with Crippen molar-refractivity contribution in [1.29, 1.82) is 0 Å². The Morgan fingerprint density at radius 1 is 1.19 bits per heavy atom. The maximum absolute atomic E-state index is 11.6. The number of carbonyl (C=O) groups excluding carboxylic acids is 1. The number of methoxy groups -OCH3 is 3. The second kappa shape index (κ2) is 7.33. The van der Waals surface area contributed by atoms with Gasteiger partial charge in [-0.3, -0.25) is 4.79 Å². The number of esters is 1. The fourth-order valence-corrected chi connectivity index (χ4v) is 1.92. The maximum atomic E-state index is 11.6. The number of carboxylic acids is 1. The molecule has 0 aliphatic heterocycles. The molecule has 0 amide bonds. The average Bonchev–Trinajstić information content (AvgIpc) is 2.46. The van der Waals surface area contributed by atoms with Crippen molar-refractivity contribution in [2.75, 3.05) is 21.3 Å². The number of hydrogen-bond acceptors (Lipinski definition) is 5. The lowest BCUT2D eigenvalue weighted by atomic mass is 10.0. The highest BCUT2D eigenvalue weighted by Gasteiger charge is 2.16. The molecule has 1 N–H and O–H groups in total. The molecule has 0 atom stereocenters. The summed E-state index contributed by atoms with van der Waals surface area (Å²) in [6.07, 6.45) is 1.07. The molecule has 0 saturated heterocycles. The molecule has 0 bridgehead atoms. The topological polar surface area (TPSA) is 82.1 Å². The standard InChI is InChI=1S/C15H18O6/c1-9-10(5-6-12(19-2)14(9)20-3)7-11(8-13(16)17)15(18)21-4/h5-7H,8H2,1-4H3,(H,16,17). The molecule has 0 aliphatic rings. The first kappa shape index (κ1) is 16.6. The van der Waals surface area contributed by atoms with E-state index in [-0.39, 0.29) is 5.57 Å². The zero-order valence-corrected chi connectivity index (χ0v) is 12.4. The van der Waals surface area contributed by atoms with Crippen molar-refractivity contribution in [3.05, 3.63) is 28.8 Å². The summed E-state index contributed by atoms with van der Waals surface area (Å²) in [5.41, 5.74) is 1.46. The highest BCUT2D eigenvalue weighted by molar-refractivity contribution is 5.98. The van der Waals surface area contributed by atoms with E-state index < -0.39 is 18.4 Å². The van der Waals surface area contributed by atoms with Gasteiger partial charge < -0.3 is 19.3 Å². The van der Waals surface area contributed by atoms with Crippen LogP contribution < -0.4 is 9.47 Å². The molecule has 0 saturated carbocycles. The fraction of sp³-hybridized carbons (Fsp3) is 0.333. The molecule has 0 heterocycles. The molecule has 1 rings (SSSR count). The summed E-state index contributed by atoms with van der Waals surface area (Å²) < 4.78 is 15.0. The Bertz CT molecular complexity index is 574. The van der Waals surface area contributed by atoms with Gasteiger partial charge in [0.25, 0.3) is 0 Å². The summed E-state index contributed by atoms with van der Waals surface area (Å²) in [7, 11) is 4.24. The second-order valence-electron chi connectivity index (χ2n) is 4.25. The SMILES string of the molecule is COC(=O)C(=Cc1ccc(OC)c(OC)c1C)CC(=O)O. The van der Waals surface area contributed by atoms with Crippen molar-refractivity contribution < 1.29 is 28.9 Å². The number of carbonyl (C=O) groups is 2. The molecule has 6 nitrogen and oxygen atoms in total. The molecule has 0 spiro atoms. The molecule has 6 heteroatoms. The zero-order valence-electron chi connectivity index (χ0n) is 12.4. The Morgan fingerprint density at radius 3 is 2.33 bits per heavy atom. The van der Waals surface area contributed by atoms with Crippen LogP contribution in [0.5, 0.6) is 11.5 Å². The van der Waals surface area contributed by atoms with Gasteiger partial charge >= 0.3 is 11.9 Å². The zero-order chi connectivity index (χ0) is 16.0. The molecule has 0 aliphatic carbocycles. The molecule has 114 valence electrons. The van der Waals surface area contributed by atoms with Crippen LogP contribution in [-0.4, -0.2) is 38.4 Å². The third-order valence-electron chi connectivity index (χ3n) is 2.95. The first-order valence-electron chi connectivity index (χ1n) is 6.16. The minimum Gasteiger partial charge on any atom is -0.493 e. The highest BCUT2D eigenvalue weighted by atomic mass is 16.5. The van der Waals surface area contributed by atoms with Crippen molar-refractivity contribution >= 4 is 18.0 Å². The molecule has 21 heavy (non-hydrogen) atoms. The Kier molecular flexibility index (Phi) is 5.78. The van der Waals surface area contributed by atoms with Crippen LogP contribution in [0.4, 0.5) is 0 Å². The molecular weight excluding hydrogens is 276 g/mol. The van der Waals surface area contributed by atoms with E-state index in [0.29, 0.717) is 17.1 Å². The van der Waals surface area contributed by atoms with E-state index in [4.69, 9.17) is 14.6 Å². The quantitative estimate of drug-likeness (QED) is 0.638. The number of benzene rings is 1. The maximum Gasteiger partial charge on any atom is 0.334 e. The van der Waals surface area contributed by atoms with Crippen molar-refractivity contribution in [3.8, 4) is 11.5 Å². The summed E-state index contributed by atoms with van der Waals surface area (Å²) in [4.78, 5) is 22.5. The molecule has 1 aromatic rings. The van der Waals surface area contributed by atoms with Gasteiger partial charge in [-0.25, -0.2) is 4.79 Å². The van der Waals surface area contributed by atoms with Gasteiger partial charge in [0, 0.05) is 11.1 Å². The van der Waals surface area contributed by atoms with Crippen molar-refractivity contribution in [1.82, 2.24) is 0 Å². The summed E-state index contributed by atoms with van der Waals surface area (Å²) in [5, 5.41) is 8.87. The largest absolute Gasteiger partial charge is 0.493 e. The third-order valence-corrected chi connectivity index (χ3v) is 2.95. The molecule has 0 unspecified atom stereocenters. The smallest absolute Gasteiger partial charge is 0.334 e. The number of ether oxygens (including phenoxy) is 3. The van der Waals surface area contributed by atoms with Crippen LogP contribution in [0.2, 0.25) is 0 Å². The monoisotopic (exact) mass is 294 g/mol. The minimum atomic E-state index is -1.11. The predicted molar refractivity (Wildman–Crippen MR) is 76.5 cm³/mol. The van der Waals surface area contributed by atoms with Gasteiger partial charge in [-0.15, -0.1) is 0 Å². The summed E-state index contributed by atoms with van der Waals surface area (Å²) >= 11 is 0. The van der Waals surface area contributed by atoms with Crippen LogP contribution in [0.3, 0.4) is 0 Å². The van der Waals surface area contributed by atoms with E-state index in [0.717, 1.165) is 5.56 Å².